The summed E-state index contributed by atoms with van der Waals surface area (Å²) in [5, 5.41) is 14.3. The van der Waals surface area contributed by atoms with Crippen molar-refractivity contribution in [3.8, 4) is 0 Å². The lowest BCUT2D eigenvalue weighted by atomic mass is 10.1. The van der Waals surface area contributed by atoms with Crippen molar-refractivity contribution in [2.45, 2.75) is 32.7 Å². The van der Waals surface area contributed by atoms with E-state index in [9.17, 15) is 9.59 Å². The highest BCUT2D eigenvalue weighted by atomic mass is 16.4. The second-order valence-corrected chi connectivity index (χ2v) is 4.42. The van der Waals surface area contributed by atoms with Crippen LogP contribution in [0.5, 0.6) is 0 Å². The van der Waals surface area contributed by atoms with Crippen LogP contribution in [0.15, 0.2) is 24.3 Å². The third-order valence-electron chi connectivity index (χ3n) is 2.68. The molecule has 0 aliphatic rings. The summed E-state index contributed by atoms with van der Waals surface area (Å²) in [7, 11) is 0. The number of carbonyl (C=O) groups is 2. The standard InChI is InChI=1S/C14H20N2O3/c1-3-4-11-5-7-12(8-6-11)15-9-13(14(18)19)16-10(2)17/h5-8,13,15H,3-4,9H2,1-2H3,(H,16,17)(H,18,19). The second-order valence-electron chi connectivity index (χ2n) is 4.42. The van der Waals surface area contributed by atoms with Crippen LogP contribution in [0.4, 0.5) is 5.69 Å². The van der Waals surface area contributed by atoms with Gasteiger partial charge in [-0.05, 0) is 24.1 Å². The quantitative estimate of drug-likeness (QED) is 0.699. The van der Waals surface area contributed by atoms with Crippen LogP contribution < -0.4 is 10.6 Å². The Morgan fingerprint density at radius 1 is 1.26 bits per heavy atom. The van der Waals surface area contributed by atoms with E-state index in [1.165, 1.54) is 12.5 Å². The van der Waals surface area contributed by atoms with Gasteiger partial charge in [0.15, 0.2) is 0 Å². The van der Waals surface area contributed by atoms with E-state index in [4.69, 9.17) is 5.11 Å². The predicted octanol–water partition coefficient (Wildman–Crippen LogP) is 1.64. The summed E-state index contributed by atoms with van der Waals surface area (Å²) in [5.74, 6) is -1.40. The molecule has 5 nitrogen and oxygen atoms in total. The van der Waals surface area contributed by atoms with Crippen LogP contribution in [0.1, 0.15) is 25.8 Å². The summed E-state index contributed by atoms with van der Waals surface area (Å²) in [6.45, 7) is 3.58. The van der Waals surface area contributed by atoms with Gasteiger partial charge in [0, 0.05) is 19.2 Å². The van der Waals surface area contributed by atoms with E-state index in [1.54, 1.807) is 0 Å². The fourth-order valence-electron chi connectivity index (χ4n) is 1.74. The average Bonchev–Trinajstić information content (AvgIpc) is 2.36. The minimum Gasteiger partial charge on any atom is -0.480 e. The van der Waals surface area contributed by atoms with Crippen LogP contribution in [0.2, 0.25) is 0 Å². The number of benzene rings is 1. The first-order valence-corrected chi connectivity index (χ1v) is 6.35. The highest BCUT2D eigenvalue weighted by Gasteiger charge is 2.17. The van der Waals surface area contributed by atoms with Crippen LogP contribution in [0.25, 0.3) is 0 Å². The lowest BCUT2D eigenvalue weighted by molar-refractivity contribution is -0.141. The predicted molar refractivity (Wildman–Crippen MR) is 74.2 cm³/mol. The van der Waals surface area contributed by atoms with Crippen molar-refractivity contribution in [1.82, 2.24) is 5.32 Å². The highest BCUT2D eigenvalue weighted by Crippen LogP contribution is 2.10. The summed E-state index contributed by atoms with van der Waals surface area (Å²) < 4.78 is 0. The fourth-order valence-corrected chi connectivity index (χ4v) is 1.74. The van der Waals surface area contributed by atoms with Crippen LogP contribution >= 0.6 is 0 Å². The number of amides is 1. The Morgan fingerprint density at radius 3 is 2.37 bits per heavy atom. The number of nitrogens with one attached hydrogen (secondary N) is 2. The number of carbonyl (C=O) groups excluding carboxylic acids is 1. The third kappa shape index (κ3) is 5.42. The molecule has 19 heavy (non-hydrogen) atoms. The molecule has 1 atom stereocenters. The third-order valence-corrected chi connectivity index (χ3v) is 2.68. The molecule has 0 saturated heterocycles. The van der Waals surface area contributed by atoms with E-state index in [2.05, 4.69) is 17.6 Å². The van der Waals surface area contributed by atoms with Gasteiger partial charge in [0.25, 0.3) is 0 Å². The maximum atomic E-state index is 10.9. The minimum atomic E-state index is -1.05. The minimum absolute atomic E-state index is 0.155. The molecule has 5 heteroatoms. The molecule has 1 aromatic carbocycles. The van der Waals surface area contributed by atoms with Gasteiger partial charge in [-0.2, -0.15) is 0 Å². The van der Waals surface area contributed by atoms with E-state index in [0.717, 1.165) is 18.5 Å². The molecule has 1 aromatic rings. The molecule has 104 valence electrons. The zero-order valence-corrected chi connectivity index (χ0v) is 11.3. The first kappa shape index (κ1) is 15.0. The first-order valence-electron chi connectivity index (χ1n) is 6.35. The largest absolute Gasteiger partial charge is 0.480 e. The maximum Gasteiger partial charge on any atom is 0.328 e. The van der Waals surface area contributed by atoms with Crippen molar-refractivity contribution in [3.63, 3.8) is 0 Å². The molecule has 3 N–H and O–H groups in total. The van der Waals surface area contributed by atoms with Crippen LogP contribution in [0, 0.1) is 0 Å². The zero-order chi connectivity index (χ0) is 14.3. The van der Waals surface area contributed by atoms with Crippen LogP contribution in [-0.2, 0) is 16.0 Å². The summed E-state index contributed by atoms with van der Waals surface area (Å²) in [5.41, 5.74) is 2.10. The van der Waals surface area contributed by atoms with Gasteiger partial charge in [-0.15, -0.1) is 0 Å². The average molecular weight is 264 g/mol. The van der Waals surface area contributed by atoms with Gasteiger partial charge in [0.2, 0.25) is 5.91 Å². The molecule has 0 aromatic heterocycles. The Kier molecular flexibility index (Phi) is 5.85. The Hall–Kier alpha value is -2.04. The van der Waals surface area contributed by atoms with Gasteiger partial charge in [-0.1, -0.05) is 25.5 Å². The molecule has 0 aliphatic carbocycles. The lowest BCUT2D eigenvalue weighted by Gasteiger charge is -2.15. The number of aliphatic carboxylic acids is 1. The number of carboxylic acids is 1. The van der Waals surface area contributed by atoms with Crippen molar-refractivity contribution in [2.75, 3.05) is 11.9 Å². The maximum absolute atomic E-state index is 10.9. The zero-order valence-electron chi connectivity index (χ0n) is 11.3. The summed E-state index contributed by atoms with van der Waals surface area (Å²) in [6, 6.07) is 6.93. The van der Waals surface area contributed by atoms with Gasteiger partial charge in [0.1, 0.15) is 6.04 Å². The number of aryl methyl sites for hydroxylation is 1. The molecule has 0 heterocycles. The van der Waals surface area contributed by atoms with Crippen LogP contribution in [0.3, 0.4) is 0 Å². The number of rotatable bonds is 7. The van der Waals surface area contributed by atoms with E-state index in [0.29, 0.717) is 0 Å². The van der Waals surface area contributed by atoms with Gasteiger partial charge in [-0.25, -0.2) is 4.79 Å². The van der Waals surface area contributed by atoms with Crippen molar-refractivity contribution < 1.29 is 14.7 Å². The van der Waals surface area contributed by atoms with Crippen molar-refractivity contribution in [2.24, 2.45) is 0 Å². The number of hydrogen-bond acceptors (Lipinski definition) is 3. The SMILES string of the molecule is CCCc1ccc(NCC(NC(C)=O)C(=O)O)cc1. The molecule has 0 spiro atoms. The molecule has 1 rings (SSSR count). The summed E-state index contributed by atoms with van der Waals surface area (Å²) >= 11 is 0. The van der Waals surface area contributed by atoms with Gasteiger partial charge in [0.05, 0.1) is 0 Å². The lowest BCUT2D eigenvalue weighted by Crippen LogP contribution is -2.44. The molecule has 0 saturated carbocycles. The smallest absolute Gasteiger partial charge is 0.328 e. The van der Waals surface area contributed by atoms with Gasteiger partial charge < -0.3 is 15.7 Å². The molecule has 0 bridgehead atoms. The summed E-state index contributed by atoms with van der Waals surface area (Å²) in [6.07, 6.45) is 2.13. The van der Waals surface area contributed by atoms with Gasteiger partial charge >= 0.3 is 5.97 Å². The Bertz CT molecular complexity index is 429. The Balaban J connectivity index is 2.54. The molecule has 1 amide bonds. The number of anilines is 1. The first-order chi connectivity index (χ1) is 9.02. The summed E-state index contributed by atoms with van der Waals surface area (Å²) in [4.78, 5) is 21.8. The van der Waals surface area contributed by atoms with E-state index in [1.807, 2.05) is 24.3 Å². The molecule has 0 aliphatic heterocycles. The van der Waals surface area contributed by atoms with Crippen molar-refractivity contribution in [3.05, 3.63) is 29.8 Å². The van der Waals surface area contributed by atoms with E-state index in [-0.39, 0.29) is 12.5 Å². The number of hydrogen-bond donors (Lipinski definition) is 3. The normalized spacial score (nSPS) is 11.7. The van der Waals surface area contributed by atoms with Crippen LogP contribution in [-0.4, -0.2) is 29.6 Å². The number of carboxylic acid groups (broad SMARTS) is 1. The molecular weight excluding hydrogens is 244 g/mol. The Labute approximate surface area is 113 Å². The van der Waals surface area contributed by atoms with Gasteiger partial charge in [-0.3, -0.25) is 4.79 Å². The molecule has 1 unspecified atom stereocenters. The molecule has 0 fully saturated rings. The fraction of sp³-hybridized carbons (Fsp3) is 0.429. The van der Waals surface area contributed by atoms with E-state index >= 15 is 0 Å². The van der Waals surface area contributed by atoms with Crippen molar-refractivity contribution in [1.29, 1.82) is 0 Å². The molecular formula is C14H20N2O3. The monoisotopic (exact) mass is 264 g/mol. The van der Waals surface area contributed by atoms with E-state index < -0.39 is 12.0 Å². The van der Waals surface area contributed by atoms with Crippen molar-refractivity contribution >= 4 is 17.6 Å². The second kappa shape index (κ2) is 7.41. The molecule has 0 radical (unpaired) electrons. The topological polar surface area (TPSA) is 78.4 Å². The highest BCUT2D eigenvalue weighted by molar-refractivity contribution is 5.82. The Morgan fingerprint density at radius 2 is 1.89 bits per heavy atom.